The molecule has 10 nitrogen and oxygen atoms in total. The van der Waals surface area contributed by atoms with Crippen LogP contribution >= 0.6 is 11.8 Å². The Morgan fingerprint density at radius 3 is 2.59 bits per heavy atom. The number of halogens is 3. The summed E-state index contributed by atoms with van der Waals surface area (Å²) in [5.74, 6) is 0.595. The van der Waals surface area contributed by atoms with E-state index in [1.807, 2.05) is 26.0 Å². The number of urea groups is 1. The van der Waals surface area contributed by atoms with Gasteiger partial charge in [0.05, 0.1) is 24.2 Å². The number of thioether (sulfide) groups is 1. The maximum atomic E-state index is 13.0. The summed E-state index contributed by atoms with van der Waals surface area (Å²) < 4.78 is 48.5. The topological polar surface area (TPSA) is 111 Å². The zero-order valence-electron chi connectivity index (χ0n) is 24.0. The van der Waals surface area contributed by atoms with Crippen molar-refractivity contribution in [3.8, 4) is 28.6 Å². The molecule has 2 heterocycles. The summed E-state index contributed by atoms with van der Waals surface area (Å²) >= 11 is 1.18. The summed E-state index contributed by atoms with van der Waals surface area (Å²) in [6, 6.07) is 15.3. The standard InChI is InChI=1S/C30H27F3N6O4S/c1-17(2)23-10-9-21(42-4)14-25(23)39-26(40)15-44-29(39)36-28(41)35-24-11-8-19(12-18(24)3)27-34-16-38(37-27)20-6-5-7-22(13-20)43-30(31,32)33/h5-14,16-17H,15H2,1-4H3,(H,35,41). The van der Waals surface area contributed by atoms with Crippen molar-refractivity contribution < 1.29 is 32.2 Å². The average molecular weight is 625 g/mol. The number of rotatable bonds is 7. The van der Waals surface area contributed by atoms with E-state index >= 15 is 0 Å². The molecule has 0 radical (unpaired) electrons. The number of hydrogen-bond acceptors (Lipinski definition) is 7. The van der Waals surface area contributed by atoms with Crippen LogP contribution in [0.25, 0.3) is 17.1 Å². The van der Waals surface area contributed by atoms with E-state index in [1.165, 1.54) is 45.9 Å². The number of aliphatic imine (C=N–C) groups is 1. The highest BCUT2D eigenvalue weighted by molar-refractivity contribution is 8.15. The first-order valence-corrected chi connectivity index (χ1v) is 14.3. The fourth-order valence-corrected chi connectivity index (χ4v) is 5.39. The molecular weight excluding hydrogens is 597 g/mol. The number of nitrogens with one attached hydrogen (secondary N) is 1. The van der Waals surface area contributed by atoms with Crippen LogP contribution in [-0.2, 0) is 4.79 Å². The molecule has 228 valence electrons. The largest absolute Gasteiger partial charge is 0.573 e. The number of amides is 3. The quantitative estimate of drug-likeness (QED) is 0.237. The number of aromatic nitrogens is 3. The second kappa shape index (κ2) is 12.4. The highest BCUT2D eigenvalue weighted by Gasteiger charge is 2.33. The van der Waals surface area contributed by atoms with E-state index in [0.717, 1.165) is 5.56 Å². The number of hydrogen-bond donors (Lipinski definition) is 1. The molecule has 4 aromatic rings. The van der Waals surface area contributed by atoms with Gasteiger partial charge in [0.15, 0.2) is 11.0 Å². The monoisotopic (exact) mass is 624 g/mol. The molecular formula is C30H27F3N6O4S. The highest BCUT2D eigenvalue weighted by Crippen LogP contribution is 2.36. The lowest BCUT2D eigenvalue weighted by Crippen LogP contribution is -2.31. The van der Waals surface area contributed by atoms with Gasteiger partial charge in [-0.15, -0.1) is 18.3 Å². The van der Waals surface area contributed by atoms with E-state index in [2.05, 4.69) is 25.1 Å². The molecule has 14 heteroatoms. The summed E-state index contributed by atoms with van der Waals surface area (Å²) in [6.45, 7) is 5.81. The van der Waals surface area contributed by atoms with E-state index in [4.69, 9.17) is 4.74 Å². The van der Waals surface area contributed by atoms with E-state index in [1.54, 1.807) is 44.4 Å². The van der Waals surface area contributed by atoms with Crippen molar-refractivity contribution >= 4 is 40.2 Å². The highest BCUT2D eigenvalue weighted by atomic mass is 32.2. The van der Waals surface area contributed by atoms with Crippen molar-refractivity contribution in [3.63, 3.8) is 0 Å². The Morgan fingerprint density at radius 2 is 1.89 bits per heavy atom. The fraction of sp³-hybridized carbons (Fsp3) is 0.233. The third-order valence-corrected chi connectivity index (χ3v) is 7.52. The second-order valence-electron chi connectivity index (χ2n) is 10.0. The number of amidine groups is 1. The lowest BCUT2D eigenvalue weighted by molar-refractivity contribution is -0.274. The zero-order chi connectivity index (χ0) is 31.6. The summed E-state index contributed by atoms with van der Waals surface area (Å²) in [5, 5.41) is 7.40. The fourth-order valence-electron chi connectivity index (χ4n) is 4.53. The van der Waals surface area contributed by atoms with Crippen molar-refractivity contribution in [3.05, 3.63) is 78.1 Å². The Labute approximate surface area is 254 Å². The van der Waals surface area contributed by atoms with Crippen LogP contribution in [0.3, 0.4) is 0 Å². The number of aryl methyl sites for hydroxylation is 1. The Morgan fingerprint density at radius 1 is 1.09 bits per heavy atom. The van der Waals surface area contributed by atoms with Crippen LogP contribution in [0.15, 0.2) is 72.0 Å². The molecule has 44 heavy (non-hydrogen) atoms. The minimum Gasteiger partial charge on any atom is -0.497 e. The van der Waals surface area contributed by atoms with Crippen molar-refractivity contribution in [2.75, 3.05) is 23.1 Å². The predicted octanol–water partition coefficient (Wildman–Crippen LogP) is 6.94. The number of ether oxygens (including phenoxy) is 2. The molecule has 0 bridgehead atoms. The first-order chi connectivity index (χ1) is 20.9. The maximum absolute atomic E-state index is 13.0. The van der Waals surface area contributed by atoms with Crippen molar-refractivity contribution in [2.24, 2.45) is 4.99 Å². The normalized spacial score (nSPS) is 14.4. The summed E-state index contributed by atoms with van der Waals surface area (Å²) in [5.41, 5.74) is 3.67. The van der Waals surface area contributed by atoms with Gasteiger partial charge in [-0.25, -0.2) is 14.5 Å². The van der Waals surface area contributed by atoms with Crippen LogP contribution in [0.1, 0.15) is 30.9 Å². The Bertz CT molecular complexity index is 1750. The van der Waals surface area contributed by atoms with Crippen LogP contribution in [0.2, 0.25) is 0 Å². The van der Waals surface area contributed by atoms with E-state index in [-0.39, 0.29) is 28.5 Å². The van der Waals surface area contributed by atoms with Crippen LogP contribution in [0.5, 0.6) is 11.5 Å². The molecule has 1 aromatic heterocycles. The van der Waals surface area contributed by atoms with E-state index < -0.39 is 12.4 Å². The Kier molecular flexibility index (Phi) is 8.63. The summed E-state index contributed by atoms with van der Waals surface area (Å²) in [4.78, 5) is 35.8. The van der Waals surface area contributed by atoms with Gasteiger partial charge >= 0.3 is 12.4 Å². The first kappa shape index (κ1) is 30.6. The van der Waals surface area contributed by atoms with Crippen LogP contribution in [-0.4, -0.2) is 51.1 Å². The SMILES string of the molecule is COc1ccc(C(C)C)c(N2C(=O)CSC2=NC(=O)Nc2ccc(-c3ncn(-c4cccc(OC(F)(F)F)c4)n3)cc2C)c1. The van der Waals surface area contributed by atoms with Gasteiger partial charge in [0, 0.05) is 23.4 Å². The Balaban J connectivity index is 1.33. The van der Waals surface area contributed by atoms with E-state index in [9.17, 15) is 22.8 Å². The molecule has 1 aliphatic rings. The molecule has 0 spiro atoms. The van der Waals surface area contributed by atoms with Gasteiger partial charge in [0.2, 0.25) is 5.91 Å². The van der Waals surface area contributed by atoms with Crippen LogP contribution in [0, 0.1) is 6.92 Å². The number of alkyl halides is 3. The molecule has 1 saturated heterocycles. The molecule has 0 aliphatic carbocycles. The Hall–Kier alpha value is -4.85. The molecule has 3 amide bonds. The van der Waals surface area contributed by atoms with Crippen molar-refractivity contribution in [1.82, 2.24) is 14.8 Å². The van der Waals surface area contributed by atoms with Gasteiger partial charge < -0.3 is 14.8 Å². The third-order valence-electron chi connectivity index (χ3n) is 6.60. The predicted molar refractivity (Wildman–Crippen MR) is 162 cm³/mol. The van der Waals surface area contributed by atoms with Gasteiger partial charge in [-0.05, 0) is 60.4 Å². The molecule has 5 rings (SSSR count). The second-order valence-corrected chi connectivity index (χ2v) is 11.0. The lowest BCUT2D eigenvalue weighted by Gasteiger charge is -2.22. The molecule has 1 N–H and O–H groups in total. The minimum atomic E-state index is -4.81. The molecule has 0 saturated carbocycles. The lowest BCUT2D eigenvalue weighted by atomic mass is 10.00. The number of carbonyl (C=O) groups excluding carboxylic acids is 2. The molecule has 0 atom stereocenters. The van der Waals surface area contributed by atoms with Gasteiger partial charge in [-0.1, -0.05) is 37.7 Å². The number of carbonyl (C=O) groups is 2. The average Bonchev–Trinajstić information content (AvgIpc) is 3.60. The first-order valence-electron chi connectivity index (χ1n) is 13.3. The van der Waals surface area contributed by atoms with Crippen molar-refractivity contribution in [1.29, 1.82) is 0 Å². The zero-order valence-corrected chi connectivity index (χ0v) is 24.9. The third kappa shape index (κ3) is 6.86. The number of anilines is 2. The van der Waals surface area contributed by atoms with Gasteiger partial charge in [0.25, 0.3) is 0 Å². The van der Waals surface area contributed by atoms with Gasteiger partial charge in [0.1, 0.15) is 17.8 Å². The van der Waals surface area contributed by atoms with Crippen molar-refractivity contribution in [2.45, 2.75) is 33.1 Å². The van der Waals surface area contributed by atoms with Gasteiger partial charge in [-0.2, -0.15) is 4.99 Å². The molecule has 1 aliphatic heterocycles. The van der Waals surface area contributed by atoms with Crippen LogP contribution in [0.4, 0.5) is 29.3 Å². The summed E-state index contributed by atoms with van der Waals surface area (Å²) in [7, 11) is 1.54. The number of methoxy groups -OCH3 is 1. The van der Waals surface area contributed by atoms with Gasteiger partial charge in [-0.3, -0.25) is 9.69 Å². The summed E-state index contributed by atoms with van der Waals surface area (Å²) in [6.07, 6.45) is -3.44. The maximum Gasteiger partial charge on any atom is 0.573 e. The number of benzene rings is 3. The molecule has 0 unspecified atom stereocenters. The minimum absolute atomic E-state index is 0.111. The smallest absolute Gasteiger partial charge is 0.497 e. The van der Waals surface area contributed by atoms with Crippen LogP contribution < -0.4 is 19.7 Å². The number of nitrogens with zero attached hydrogens (tertiary/aromatic N) is 5. The van der Waals surface area contributed by atoms with E-state index in [0.29, 0.717) is 39.8 Å². The molecule has 3 aromatic carbocycles. The molecule has 1 fully saturated rings.